The molecule has 0 aliphatic rings. The Morgan fingerprint density at radius 2 is 2.05 bits per heavy atom. The van der Waals surface area contributed by atoms with Gasteiger partial charge in [0.2, 0.25) is 5.28 Å². The maximum atomic E-state index is 6.08. The lowest BCUT2D eigenvalue weighted by Gasteiger charge is -2.16. The first-order valence-electron chi connectivity index (χ1n) is 5.98. The van der Waals surface area contributed by atoms with E-state index in [1.807, 2.05) is 37.8 Å². The summed E-state index contributed by atoms with van der Waals surface area (Å²) in [5, 5.41) is 3.68. The van der Waals surface area contributed by atoms with Crippen LogP contribution in [0.2, 0.25) is 10.3 Å². The lowest BCUT2D eigenvalue weighted by atomic mass is 10.3. The summed E-state index contributed by atoms with van der Waals surface area (Å²) < 4.78 is 5.90. The summed E-state index contributed by atoms with van der Waals surface area (Å²) in [6, 6.07) is 5.93. The Balaban J connectivity index is 2.36. The van der Waals surface area contributed by atoms with Crippen molar-refractivity contribution in [3.05, 3.63) is 34.7 Å². The van der Waals surface area contributed by atoms with Crippen molar-refractivity contribution in [2.45, 2.75) is 4.90 Å². The Labute approximate surface area is 139 Å². The fourth-order valence-corrected chi connectivity index (χ4v) is 2.81. The number of hydrogen-bond acceptors (Lipinski definition) is 5. The Kier molecular flexibility index (Phi) is 5.94. The zero-order valence-corrected chi connectivity index (χ0v) is 14.9. The van der Waals surface area contributed by atoms with Crippen LogP contribution >= 0.6 is 43.1 Å². The van der Waals surface area contributed by atoms with Gasteiger partial charge in [-0.15, -0.1) is 11.8 Å². The maximum absolute atomic E-state index is 6.08. The van der Waals surface area contributed by atoms with Crippen molar-refractivity contribution in [2.24, 2.45) is 0 Å². The van der Waals surface area contributed by atoms with Gasteiger partial charge in [0.1, 0.15) is 10.8 Å². The predicted octanol–water partition coefficient (Wildman–Crippen LogP) is 5.28. The van der Waals surface area contributed by atoms with Crippen molar-refractivity contribution in [1.29, 1.82) is 0 Å². The summed E-state index contributed by atoms with van der Waals surface area (Å²) in [6.07, 6.45) is 3.48. The van der Waals surface area contributed by atoms with E-state index in [1.165, 1.54) is 6.20 Å². The van der Waals surface area contributed by atoms with E-state index < -0.39 is 8.15 Å². The molecule has 0 aliphatic heterocycles. The average molecular weight is 362 g/mol. The molecule has 0 amide bonds. The summed E-state index contributed by atoms with van der Waals surface area (Å²) in [4.78, 5) is 9.04. The van der Waals surface area contributed by atoms with Crippen molar-refractivity contribution < 1.29 is 4.52 Å². The first kappa shape index (κ1) is 16.6. The summed E-state index contributed by atoms with van der Waals surface area (Å²) in [5.74, 6) is 1.22. The first-order chi connectivity index (χ1) is 9.99. The van der Waals surface area contributed by atoms with Gasteiger partial charge in [-0.25, -0.2) is 4.98 Å². The predicted molar refractivity (Wildman–Crippen MR) is 93.0 cm³/mol. The van der Waals surface area contributed by atoms with Crippen LogP contribution in [0.1, 0.15) is 0 Å². The summed E-state index contributed by atoms with van der Waals surface area (Å²) in [5.41, 5.74) is 0.792. The van der Waals surface area contributed by atoms with Crippen LogP contribution in [0, 0.1) is 0 Å². The van der Waals surface area contributed by atoms with Gasteiger partial charge in [-0.3, -0.25) is 0 Å². The Morgan fingerprint density at radius 3 is 2.71 bits per heavy atom. The van der Waals surface area contributed by atoms with Crippen molar-refractivity contribution in [2.75, 3.05) is 24.9 Å². The Hall–Kier alpha value is -0.740. The third-order valence-electron chi connectivity index (χ3n) is 2.44. The highest BCUT2D eigenvalue weighted by atomic mass is 35.5. The smallest absolute Gasteiger partial charge is 0.224 e. The highest BCUT2D eigenvalue weighted by molar-refractivity contribution is 7.98. The normalized spacial score (nSPS) is 10.8. The van der Waals surface area contributed by atoms with Gasteiger partial charge in [0.05, 0.1) is 20.0 Å². The number of aromatic nitrogens is 2. The molecule has 1 aromatic carbocycles. The molecule has 1 aromatic heterocycles. The third-order valence-corrected chi connectivity index (χ3v) is 4.18. The molecule has 8 heteroatoms. The van der Waals surface area contributed by atoms with E-state index in [0.29, 0.717) is 10.8 Å². The quantitative estimate of drug-likeness (QED) is 0.445. The van der Waals surface area contributed by atoms with Crippen LogP contribution in [0.3, 0.4) is 0 Å². The van der Waals surface area contributed by atoms with Crippen molar-refractivity contribution in [3.63, 3.8) is 0 Å². The minimum Gasteiger partial charge on any atom is -0.472 e. The molecule has 1 N–H and O–H groups in total. The van der Waals surface area contributed by atoms with Gasteiger partial charge >= 0.3 is 0 Å². The van der Waals surface area contributed by atoms with Crippen molar-refractivity contribution in [3.8, 4) is 5.75 Å². The number of anilines is 2. The highest BCUT2D eigenvalue weighted by Crippen LogP contribution is 2.39. The number of nitrogens with zero attached hydrogens (tertiary/aromatic N) is 2. The van der Waals surface area contributed by atoms with Crippen LogP contribution < -0.4 is 9.84 Å². The topological polar surface area (TPSA) is 47.0 Å². The van der Waals surface area contributed by atoms with E-state index in [1.54, 1.807) is 11.8 Å². The SMILES string of the molecule is CSc1ccc(Nc2nc(Cl)ncc2Cl)c(OP(C)C)c1. The van der Waals surface area contributed by atoms with Gasteiger partial charge in [-0.1, -0.05) is 11.6 Å². The molecule has 0 fully saturated rings. The van der Waals surface area contributed by atoms with Crippen LogP contribution in [0.5, 0.6) is 5.75 Å². The fraction of sp³-hybridized carbons (Fsp3) is 0.231. The third kappa shape index (κ3) is 4.62. The van der Waals surface area contributed by atoms with E-state index in [0.717, 1.165) is 16.3 Å². The molecule has 2 aromatic rings. The second-order valence-corrected chi connectivity index (χ2v) is 7.66. The van der Waals surface area contributed by atoms with Gasteiger partial charge in [0.25, 0.3) is 0 Å². The van der Waals surface area contributed by atoms with E-state index in [-0.39, 0.29) is 5.28 Å². The molecule has 112 valence electrons. The molecule has 0 atom stereocenters. The van der Waals surface area contributed by atoms with Gasteiger partial charge in [-0.2, -0.15) is 4.98 Å². The Bertz CT molecular complexity index is 643. The standard InChI is InChI=1S/C13H14Cl2N3OPS/c1-20(2)19-11-6-8(21-3)4-5-10(11)17-12-9(14)7-16-13(15)18-12/h4-7H,1-3H3,(H,16,17,18). The van der Waals surface area contributed by atoms with E-state index in [4.69, 9.17) is 27.7 Å². The van der Waals surface area contributed by atoms with Gasteiger partial charge < -0.3 is 9.84 Å². The summed E-state index contributed by atoms with van der Waals surface area (Å²) in [7, 11) is -0.540. The molecule has 0 bridgehead atoms. The van der Waals surface area contributed by atoms with Crippen LogP contribution in [0.25, 0.3) is 0 Å². The van der Waals surface area contributed by atoms with E-state index in [9.17, 15) is 0 Å². The monoisotopic (exact) mass is 361 g/mol. The Morgan fingerprint density at radius 1 is 1.29 bits per heavy atom. The van der Waals surface area contributed by atoms with Gasteiger partial charge in [0, 0.05) is 4.90 Å². The number of halogens is 2. The fourth-order valence-electron chi connectivity index (χ4n) is 1.57. The van der Waals surface area contributed by atoms with Gasteiger partial charge in [0.15, 0.2) is 5.82 Å². The average Bonchev–Trinajstić information content (AvgIpc) is 2.44. The van der Waals surface area contributed by atoms with Gasteiger partial charge in [-0.05, 0) is 49.4 Å². The zero-order chi connectivity index (χ0) is 15.4. The molecule has 2 rings (SSSR count). The number of benzene rings is 1. The molecule has 21 heavy (non-hydrogen) atoms. The molecule has 0 spiro atoms. The largest absolute Gasteiger partial charge is 0.472 e. The molecule has 0 saturated carbocycles. The van der Waals surface area contributed by atoms with Crippen LogP contribution in [-0.4, -0.2) is 29.6 Å². The molecule has 0 unspecified atom stereocenters. The number of rotatable bonds is 5. The highest BCUT2D eigenvalue weighted by Gasteiger charge is 2.11. The van der Waals surface area contributed by atoms with Crippen molar-refractivity contribution >= 4 is 54.6 Å². The molecule has 0 aliphatic carbocycles. The summed E-state index contributed by atoms with van der Waals surface area (Å²) >= 11 is 13.5. The minimum atomic E-state index is -0.540. The zero-order valence-electron chi connectivity index (χ0n) is 11.7. The lowest BCUT2D eigenvalue weighted by molar-refractivity contribution is 0.623. The molecular formula is C13H14Cl2N3OPS. The van der Waals surface area contributed by atoms with E-state index in [2.05, 4.69) is 15.3 Å². The molecule has 0 saturated heterocycles. The second kappa shape index (κ2) is 7.50. The second-order valence-electron chi connectivity index (χ2n) is 4.23. The number of thioether (sulfide) groups is 1. The molecule has 4 nitrogen and oxygen atoms in total. The molecule has 0 radical (unpaired) electrons. The minimum absolute atomic E-state index is 0.137. The molecule has 1 heterocycles. The molecular weight excluding hydrogens is 348 g/mol. The van der Waals surface area contributed by atoms with E-state index >= 15 is 0 Å². The number of nitrogens with one attached hydrogen (secondary N) is 1. The van der Waals surface area contributed by atoms with Crippen molar-refractivity contribution in [1.82, 2.24) is 9.97 Å². The van der Waals surface area contributed by atoms with Crippen LogP contribution in [-0.2, 0) is 0 Å². The maximum Gasteiger partial charge on any atom is 0.224 e. The summed E-state index contributed by atoms with van der Waals surface area (Å²) in [6.45, 7) is 4.08. The van der Waals surface area contributed by atoms with Crippen LogP contribution in [0.4, 0.5) is 11.5 Å². The number of hydrogen-bond donors (Lipinski definition) is 1. The first-order valence-corrected chi connectivity index (χ1v) is 10.1. The van der Waals surface area contributed by atoms with Crippen LogP contribution in [0.15, 0.2) is 29.3 Å². The lowest BCUT2D eigenvalue weighted by Crippen LogP contribution is -1.99.